The summed E-state index contributed by atoms with van der Waals surface area (Å²) in [7, 11) is 0. The molecule has 0 saturated carbocycles. The van der Waals surface area contributed by atoms with Crippen LogP contribution < -0.4 is 5.73 Å². The van der Waals surface area contributed by atoms with Crippen LogP contribution in [0.2, 0.25) is 0 Å². The summed E-state index contributed by atoms with van der Waals surface area (Å²) >= 11 is 0. The van der Waals surface area contributed by atoms with E-state index in [2.05, 4.69) is 42.4 Å². The van der Waals surface area contributed by atoms with Gasteiger partial charge in [-0.05, 0) is 49.1 Å². The lowest BCUT2D eigenvalue weighted by molar-refractivity contribution is 0.646. The van der Waals surface area contributed by atoms with Gasteiger partial charge in [0.05, 0.1) is 11.2 Å². The van der Waals surface area contributed by atoms with Crippen molar-refractivity contribution in [1.82, 2.24) is 15.0 Å². The fourth-order valence-corrected chi connectivity index (χ4v) is 2.58. The molecule has 1 atom stereocenters. The second kappa shape index (κ2) is 5.66. The van der Waals surface area contributed by atoms with Gasteiger partial charge in [-0.25, -0.2) is 4.68 Å². The van der Waals surface area contributed by atoms with Crippen LogP contribution in [0.15, 0.2) is 42.5 Å². The molecule has 1 unspecified atom stereocenters. The van der Waals surface area contributed by atoms with Crippen molar-refractivity contribution in [3.8, 4) is 5.69 Å². The van der Waals surface area contributed by atoms with Gasteiger partial charge in [0.1, 0.15) is 5.52 Å². The Hall–Kier alpha value is -2.20. The highest BCUT2D eigenvalue weighted by atomic mass is 15.4. The second-order valence-corrected chi connectivity index (χ2v) is 5.48. The number of aryl methyl sites for hydroxylation is 1. The second-order valence-electron chi connectivity index (χ2n) is 5.48. The first-order valence-corrected chi connectivity index (χ1v) is 7.35. The number of nitrogens with zero attached hydrogens (tertiary/aromatic N) is 3. The molecule has 3 rings (SSSR count). The number of hydrogen-bond donors (Lipinski definition) is 1. The molecule has 0 aliphatic rings. The third kappa shape index (κ3) is 2.67. The van der Waals surface area contributed by atoms with Gasteiger partial charge in [0.2, 0.25) is 0 Å². The first-order chi connectivity index (χ1) is 10.2. The van der Waals surface area contributed by atoms with Gasteiger partial charge >= 0.3 is 0 Å². The highest BCUT2D eigenvalue weighted by Crippen LogP contribution is 2.20. The molecule has 2 N–H and O–H groups in total. The molecule has 0 aliphatic carbocycles. The van der Waals surface area contributed by atoms with E-state index in [0.29, 0.717) is 0 Å². The molecule has 0 bridgehead atoms. The molecule has 3 aromatic rings. The van der Waals surface area contributed by atoms with Crippen molar-refractivity contribution in [3.05, 3.63) is 53.6 Å². The molecule has 0 spiro atoms. The average Bonchev–Trinajstić information content (AvgIpc) is 2.91. The van der Waals surface area contributed by atoms with Crippen molar-refractivity contribution in [2.24, 2.45) is 5.73 Å². The van der Waals surface area contributed by atoms with E-state index in [0.717, 1.165) is 29.6 Å². The van der Waals surface area contributed by atoms with E-state index in [1.165, 1.54) is 11.1 Å². The van der Waals surface area contributed by atoms with Crippen molar-refractivity contribution < 1.29 is 0 Å². The van der Waals surface area contributed by atoms with Gasteiger partial charge in [0, 0.05) is 6.04 Å². The molecular weight excluding hydrogens is 260 g/mol. The molecule has 1 aromatic heterocycles. The highest BCUT2D eigenvalue weighted by Gasteiger charge is 2.09. The Morgan fingerprint density at radius 2 is 2.00 bits per heavy atom. The van der Waals surface area contributed by atoms with Gasteiger partial charge in [-0.1, -0.05) is 36.4 Å². The Morgan fingerprint density at radius 1 is 1.19 bits per heavy atom. The maximum atomic E-state index is 6.03. The molecule has 1 heterocycles. The van der Waals surface area contributed by atoms with E-state index in [1.807, 2.05) is 28.9 Å². The minimum absolute atomic E-state index is 0.224. The van der Waals surface area contributed by atoms with Gasteiger partial charge in [0.25, 0.3) is 0 Å². The van der Waals surface area contributed by atoms with Crippen LogP contribution in [0.4, 0.5) is 0 Å². The largest absolute Gasteiger partial charge is 0.327 e. The zero-order valence-corrected chi connectivity index (χ0v) is 12.5. The van der Waals surface area contributed by atoms with Gasteiger partial charge in [-0.15, -0.1) is 5.10 Å². The summed E-state index contributed by atoms with van der Waals surface area (Å²) in [6.45, 7) is 4.22. The number of hydrogen-bond acceptors (Lipinski definition) is 3. The fraction of sp³-hybridized carbons (Fsp3) is 0.294. The summed E-state index contributed by atoms with van der Waals surface area (Å²) < 4.78 is 1.90. The highest BCUT2D eigenvalue weighted by molar-refractivity contribution is 5.76. The van der Waals surface area contributed by atoms with Crippen LogP contribution in [0.3, 0.4) is 0 Å². The number of para-hydroxylation sites is 1. The summed E-state index contributed by atoms with van der Waals surface area (Å²) in [5.74, 6) is 0. The van der Waals surface area contributed by atoms with Crippen LogP contribution in [0, 0.1) is 6.92 Å². The van der Waals surface area contributed by atoms with Crippen molar-refractivity contribution in [3.63, 3.8) is 0 Å². The van der Waals surface area contributed by atoms with Crippen molar-refractivity contribution in [2.45, 2.75) is 32.7 Å². The van der Waals surface area contributed by atoms with Gasteiger partial charge < -0.3 is 5.73 Å². The molecule has 0 amide bonds. The normalized spacial score (nSPS) is 12.7. The lowest BCUT2D eigenvalue weighted by Crippen LogP contribution is -2.21. The summed E-state index contributed by atoms with van der Waals surface area (Å²) in [6, 6.07) is 14.7. The van der Waals surface area contributed by atoms with E-state index in [1.54, 1.807) is 0 Å². The van der Waals surface area contributed by atoms with E-state index in [-0.39, 0.29) is 6.04 Å². The summed E-state index contributed by atoms with van der Waals surface area (Å²) in [4.78, 5) is 0. The first kappa shape index (κ1) is 13.8. The lowest BCUT2D eigenvalue weighted by Gasteiger charge is -2.12. The standard InChI is InChI=1S/C17H20N4/c1-3-14(18)11-13-8-9-16(12(2)10-13)21-17-7-5-4-6-15(17)19-20-21/h4-10,14H,3,11,18H2,1-2H3. The number of fused-ring (bicyclic) bond motifs is 1. The molecule has 4 nitrogen and oxygen atoms in total. The molecule has 0 aliphatic heterocycles. The van der Waals surface area contributed by atoms with Crippen molar-refractivity contribution >= 4 is 11.0 Å². The summed E-state index contributed by atoms with van der Waals surface area (Å²) in [5.41, 5.74) is 11.5. The Bertz CT molecular complexity index is 760. The van der Waals surface area contributed by atoms with Gasteiger partial charge in [-0.3, -0.25) is 0 Å². The number of aromatic nitrogens is 3. The molecular formula is C17H20N4. The zero-order chi connectivity index (χ0) is 14.8. The SMILES string of the molecule is CCC(N)Cc1ccc(-n2nnc3ccccc32)c(C)c1. The average molecular weight is 280 g/mol. The molecule has 2 aromatic carbocycles. The fourth-order valence-electron chi connectivity index (χ4n) is 2.58. The van der Waals surface area contributed by atoms with E-state index in [9.17, 15) is 0 Å². The predicted molar refractivity (Wildman–Crippen MR) is 85.6 cm³/mol. The quantitative estimate of drug-likeness (QED) is 0.799. The minimum atomic E-state index is 0.224. The molecule has 108 valence electrons. The van der Waals surface area contributed by atoms with Crippen molar-refractivity contribution in [2.75, 3.05) is 0 Å². The summed E-state index contributed by atoms with van der Waals surface area (Å²) in [6.07, 6.45) is 1.91. The monoisotopic (exact) mass is 280 g/mol. The molecule has 0 fully saturated rings. The lowest BCUT2D eigenvalue weighted by atomic mass is 10.0. The Balaban J connectivity index is 1.99. The maximum Gasteiger partial charge on any atom is 0.113 e. The molecule has 21 heavy (non-hydrogen) atoms. The minimum Gasteiger partial charge on any atom is -0.327 e. The van der Waals surface area contributed by atoms with Crippen LogP contribution >= 0.6 is 0 Å². The molecule has 0 radical (unpaired) electrons. The van der Waals surface area contributed by atoms with Crippen molar-refractivity contribution in [1.29, 1.82) is 0 Å². The molecule has 4 heteroatoms. The predicted octanol–water partition coefficient (Wildman–Crippen LogP) is 3.01. The maximum absolute atomic E-state index is 6.03. The third-order valence-corrected chi connectivity index (χ3v) is 3.86. The Morgan fingerprint density at radius 3 is 2.76 bits per heavy atom. The van der Waals surface area contributed by atoms with E-state index >= 15 is 0 Å². The van der Waals surface area contributed by atoms with Crippen LogP contribution in [0.1, 0.15) is 24.5 Å². The van der Waals surface area contributed by atoms with Crippen LogP contribution in [0.25, 0.3) is 16.7 Å². The summed E-state index contributed by atoms with van der Waals surface area (Å²) in [5, 5.41) is 8.49. The van der Waals surface area contributed by atoms with Crippen LogP contribution in [-0.2, 0) is 6.42 Å². The van der Waals surface area contributed by atoms with Gasteiger partial charge in [0.15, 0.2) is 0 Å². The Kier molecular flexibility index (Phi) is 3.71. The molecule has 0 saturated heterocycles. The number of rotatable bonds is 4. The van der Waals surface area contributed by atoms with E-state index in [4.69, 9.17) is 5.73 Å². The van der Waals surface area contributed by atoms with Crippen LogP contribution in [0.5, 0.6) is 0 Å². The zero-order valence-electron chi connectivity index (χ0n) is 12.5. The first-order valence-electron chi connectivity index (χ1n) is 7.35. The number of nitrogens with two attached hydrogens (primary N) is 1. The third-order valence-electron chi connectivity index (χ3n) is 3.86. The Labute approximate surface area is 124 Å². The van der Waals surface area contributed by atoms with E-state index < -0.39 is 0 Å². The number of benzene rings is 2. The topological polar surface area (TPSA) is 56.7 Å². The smallest absolute Gasteiger partial charge is 0.113 e. The van der Waals surface area contributed by atoms with Gasteiger partial charge in [-0.2, -0.15) is 0 Å². The van der Waals surface area contributed by atoms with Crippen LogP contribution in [-0.4, -0.2) is 21.0 Å².